The highest BCUT2D eigenvalue weighted by atomic mass is 19.2. The number of methoxy groups -OCH3 is 3. The molecule has 1 N–H and O–H groups in total. The summed E-state index contributed by atoms with van der Waals surface area (Å²) in [4.78, 5) is 114. The minimum atomic E-state index is -1.40. The van der Waals surface area contributed by atoms with Crippen LogP contribution in [0.4, 0.5) is 31.1 Å². The smallest absolute Gasteiger partial charge is 0.341 e. The van der Waals surface area contributed by atoms with Gasteiger partial charge in [0.05, 0.1) is 59.6 Å². The molecule has 3 aliphatic rings. The fraction of sp³-hybridized carbons (Fsp3) is 0.259. The number of Topliss-reactive ketones (excluding diaryl/α,β-unsaturated/α-hetero) is 1. The largest absolute Gasteiger partial charge is 0.491 e. The van der Waals surface area contributed by atoms with Gasteiger partial charge in [-0.15, -0.1) is 0 Å². The molecule has 0 atom stereocenters. The average Bonchev–Trinajstić information content (AvgIpc) is 1.34. The van der Waals surface area contributed by atoms with Crippen LogP contribution in [-0.4, -0.2) is 116 Å². The molecule has 0 amide bonds. The number of imidazole rings is 3. The fourth-order valence-corrected chi connectivity index (χ4v) is 8.87. The van der Waals surface area contributed by atoms with Crippen molar-refractivity contribution in [1.82, 2.24) is 42.4 Å². The number of rotatable bonds is 11. The van der Waals surface area contributed by atoms with Crippen LogP contribution < -0.4 is 30.5 Å². The van der Waals surface area contributed by atoms with Crippen LogP contribution in [0, 0.1) is 55.1 Å². The molecule has 0 spiro atoms. The van der Waals surface area contributed by atoms with Gasteiger partial charge in [0.15, 0.2) is 41.7 Å². The van der Waals surface area contributed by atoms with Crippen LogP contribution in [0.25, 0.3) is 32.7 Å². The molecule has 3 saturated carbocycles. The summed E-state index contributed by atoms with van der Waals surface area (Å²) in [6.07, 6.45) is 21.7. The molecule has 3 aromatic carbocycles. The molecule has 0 saturated heterocycles. The number of aromatic nitrogens is 9. The SMILES string of the molecule is COc1c(F)c(F)cc2c(=O)c(C(=O)C[N+](=O)[O-])cn(C3CC3)c12.COc1c(F)c(F)cc2c(=O)c(C(=O)O)cn(C3CC3)c12.COc1c(F)c(F)cc2c(=O)c(C(=O)n3ccnc3)cn(C3CC3)c12.C[N+](=O)[O-].O=C(n1ccnc1)n1ccnc1. The highest BCUT2D eigenvalue weighted by molar-refractivity contribution is 6.01. The molecule has 0 aliphatic heterocycles. The van der Waals surface area contributed by atoms with Crippen molar-refractivity contribution in [2.24, 2.45) is 0 Å². The summed E-state index contributed by atoms with van der Waals surface area (Å²) in [7, 11) is 4.42. The standard InChI is InChI=1S/C17H13F2N3O3.C15H12F2N2O5.C14H11F2NO4.C7H6N4O.CH3NO2/c1-25-16-13(19)12(18)6-10-14(16)22(9-2-3-9)7-11(15(10)23)17(24)21-5-4-20-8-21;1-24-15-12(17)10(16)4-8-13(15)18(7-2-3-7)5-9(14(8)21)11(20)6-19(22)23;1-21-13-10(16)9(15)4-7-11(13)17(6-2-3-6)5-8(12(7)18)14(19)20;12-7(10-3-1-8-5-10)11-4-2-9-6-11;1-2(3)4/h4-9H,2-3H2,1H3;4-5,7H,2-3,6H2,1H3;4-6H,2-3H2,1H3,(H,19,20);1-6H;1H3. The third-order valence-corrected chi connectivity index (χ3v) is 13.2. The van der Waals surface area contributed by atoms with Gasteiger partial charge in [-0.05, 0) is 56.7 Å². The number of ketones is 1. The molecule has 448 valence electrons. The quantitative estimate of drug-likeness (QED) is 0.0570. The lowest BCUT2D eigenvalue weighted by atomic mass is 10.1. The molecule has 12 rings (SSSR count). The molecule has 3 fully saturated rings. The van der Waals surface area contributed by atoms with E-state index in [0.29, 0.717) is 6.07 Å². The van der Waals surface area contributed by atoms with E-state index < -0.39 is 102 Å². The number of hydrogen-bond donors (Lipinski definition) is 1. The fourth-order valence-electron chi connectivity index (χ4n) is 8.87. The monoisotopic (exact) mass is 1200 g/mol. The predicted octanol–water partition coefficient (Wildman–Crippen LogP) is 7.40. The van der Waals surface area contributed by atoms with Crippen LogP contribution in [0.5, 0.6) is 17.2 Å². The van der Waals surface area contributed by atoms with Gasteiger partial charge in [0.1, 0.15) is 30.1 Å². The first-order valence-corrected chi connectivity index (χ1v) is 25.3. The van der Waals surface area contributed by atoms with Gasteiger partial charge >= 0.3 is 12.0 Å². The summed E-state index contributed by atoms with van der Waals surface area (Å²) in [6, 6.07) is 1.91. The van der Waals surface area contributed by atoms with Crippen molar-refractivity contribution in [3.63, 3.8) is 0 Å². The number of fused-ring (bicyclic) bond motifs is 3. The number of ether oxygens (including phenoxy) is 3. The zero-order chi connectivity index (χ0) is 62.6. The Morgan fingerprint density at radius 1 is 0.558 bits per heavy atom. The highest BCUT2D eigenvalue weighted by Gasteiger charge is 2.34. The Balaban J connectivity index is 0.000000149. The lowest BCUT2D eigenvalue weighted by Gasteiger charge is -2.16. The molecule has 6 aromatic heterocycles. The van der Waals surface area contributed by atoms with Gasteiger partial charge in [-0.25, -0.2) is 37.7 Å². The first-order chi connectivity index (χ1) is 40.9. The molecular formula is C54H45F6N11O15. The summed E-state index contributed by atoms with van der Waals surface area (Å²) in [5.41, 5.74) is -3.14. The molecule has 9 aromatic rings. The number of carboxylic acids is 1. The van der Waals surface area contributed by atoms with Gasteiger partial charge in [0, 0.05) is 83.7 Å². The normalized spacial score (nSPS) is 13.2. The topological polar surface area (TPSA) is 322 Å². The van der Waals surface area contributed by atoms with E-state index in [9.17, 15) is 70.0 Å². The third-order valence-electron chi connectivity index (χ3n) is 13.2. The Hall–Kier alpha value is -10.8. The van der Waals surface area contributed by atoms with Crippen molar-refractivity contribution in [3.8, 4) is 17.2 Å². The highest BCUT2D eigenvalue weighted by Crippen LogP contribution is 2.43. The summed E-state index contributed by atoms with van der Waals surface area (Å²) in [6.45, 7) is -1.05. The molecule has 6 heterocycles. The zero-order valence-electron chi connectivity index (χ0n) is 45.2. The first kappa shape index (κ1) is 61.3. The second-order valence-electron chi connectivity index (χ2n) is 19.0. The van der Waals surface area contributed by atoms with E-state index in [-0.39, 0.29) is 73.9 Å². The van der Waals surface area contributed by atoms with Crippen LogP contribution in [0.3, 0.4) is 0 Å². The van der Waals surface area contributed by atoms with Crippen molar-refractivity contribution in [2.45, 2.75) is 56.7 Å². The zero-order valence-corrected chi connectivity index (χ0v) is 45.2. The van der Waals surface area contributed by atoms with Gasteiger partial charge in [0.25, 0.3) is 12.5 Å². The molecule has 3 aliphatic carbocycles. The minimum absolute atomic E-state index is 0.0104. The van der Waals surface area contributed by atoms with Gasteiger partial charge in [0.2, 0.25) is 39.5 Å². The van der Waals surface area contributed by atoms with E-state index in [2.05, 4.69) is 15.0 Å². The molecule has 32 heteroatoms. The Kier molecular flexibility index (Phi) is 18.1. The number of nitrogens with zero attached hydrogens (tertiary/aromatic N) is 11. The maximum Gasteiger partial charge on any atom is 0.341 e. The Labute approximate surface area is 476 Å². The number of halogens is 6. The van der Waals surface area contributed by atoms with Gasteiger partial charge in [-0.2, -0.15) is 13.2 Å². The van der Waals surface area contributed by atoms with Crippen molar-refractivity contribution in [2.75, 3.05) is 34.9 Å². The molecule has 26 nitrogen and oxygen atoms in total. The Morgan fingerprint density at radius 2 is 0.872 bits per heavy atom. The van der Waals surface area contributed by atoms with E-state index in [1.807, 2.05) is 0 Å². The first-order valence-electron chi connectivity index (χ1n) is 25.3. The number of pyridine rings is 3. The van der Waals surface area contributed by atoms with Gasteiger partial charge < -0.3 is 33.0 Å². The summed E-state index contributed by atoms with van der Waals surface area (Å²) in [5, 5.41) is 27.9. The second-order valence-corrected chi connectivity index (χ2v) is 19.0. The Morgan fingerprint density at radius 3 is 1.17 bits per heavy atom. The van der Waals surface area contributed by atoms with Crippen molar-refractivity contribution in [3.05, 3.63) is 195 Å². The molecule has 86 heavy (non-hydrogen) atoms. The predicted molar refractivity (Wildman–Crippen MR) is 288 cm³/mol. The van der Waals surface area contributed by atoms with E-state index in [4.69, 9.17) is 29.4 Å². The summed E-state index contributed by atoms with van der Waals surface area (Å²) < 4.78 is 107. The number of carbonyl (C=O) groups excluding carboxylic acids is 3. The molecule has 0 bridgehead atoms. The lowest BCUT2D eigenvalue weighted by molar-refractivity contribution is -0.465. The van der Waals surface area contributed by atoms with Crippen LogP contribution >= 0.6 is 0 Å². The number of benzene rings is 3. The average molecular weight is 1200 g/mol. The molecule has 0 radical (unpaired) electrons. The number of nitro groups is 2. The van der Waals surface area contributed by atoms with Gasteiger partial charge in [-0.3, -0.25) is 57.9 Å². The van der Waals surface area contributed by atoms with Crippen molar-refractivity contribution >= 4 is 56.4 Å². The molecular weight excluding hydrogens is 1160 g/mol. The van der Waals surface area contributed by atoms with Crippen molar-refractivity contribution < 1.29 is 74.7 Å². The van der Waals surface area contributed by atoms with Crippen LogP contribution in [-0.2, 0) is 0 Å². The Bertz CT molecular complexity index is 4310. The second kappa shape index (κ2) is 25.4. The lowest BCUT2D eigenvalue weighted by Crippen LogP contribution is -2.24. The van der Waals surface area contributed by atoms with Crippen LogP contribution in [0.2, 0.25) is 0 Å². The summed E-state index contributed by atoms with van der Waals surface area (Å²) >= 11 is 0. The van der Waals surface area contributed by atoms with Gasteiger partial charge in [-0.1, -0.05) is 0 Å². The third kappa shape index (κ3) is 12.7. The maximum atomic E-state index is 14.1. The molecule has 0 unspecified atom stereocenters. The van der Waals surface area contributed by atoms with E-state index in [1.165, 1.54) is 82.5 Å². The van der Waals surface area contributed by atoms with E-state index in [1.54, 1.807) is 29.4 Å². The number of hydrogen-bond acceptors (Lipinski definition) is 17. The number of carboxylic acid groups (broad SMARTS) is 1. The number of carbonyl (C=O) groups is 4. The minimum Gasteiger partial charge on any atom is -0.491 e. The van der Waals surface area contributed by atoms with Crippen molar-refractivity contribution in [1.29, 1.82) is 0 Å². The van der Waals surface area contributed by atoms with E-state index in [0.717, 1.165) is 69.4 Å². The summed E-state index contributed by atoms with van der Waals surface area (Å²) in [5.74, 6) is -11.4. The van der Waals surface area contributed by atoms with Crippen LogP contribution in [0.1, 0.15) is 87.7 Å². The maximum absolute atomic E-state index is 14.1. The van der Waals surface area contributed by atoms with E-state index >= 15 is 0 Å². The number of aromatic carboxylic acids is 1. The van der Waals surface area contributed by atoms with Crippen LogP contribution in [0.15, 0.2) is 107 Å².